The minimum Gasteiger partial charge on any atom is -0.494 e. The Morgan fingerprint density at radius 3 is 2.33 bits per heavy atom. The Labute approximate surface area is 158 Å². The quantitative estimate of drug-likeness (QED) is 0.679. The van der Waals surface area contributed by atoms with Crippen LogP contribution in [0.25, 0.3) is 16.6 Å². The number of carbonyl (C=O) groups excluding carboxylic acids is 1. The molecule has 2 N–H and O–H groups in total. The summed E-state index contributed by atoms with van der Waals surface area (Å²) >= 11 is 0. The SMILES string of the molecule is CC(=NCC(=O)CO)c1c(O)n(-c2cc(C)cc(C)c2)c2cc(C)ccc12. The summed E-state index contributed by atoms with van der Waals surface area (Å²) in [5.74, 6) is -0.263. The summed E-state index contributed by atoms with van der Waals surface area (Å²) in [4.78, 5) is 15.7. The second kappa shape index (κ2) is 7.37. The summed E-state index contributed by atoms with van der Waals surface area (Å²) in [6, 6.07) is 12.1. The van der Waals surface area contributed by atoms with Crippen molar-refractivity contribution in [3.8, 4) is 11.6 Å². The molecule has 0 spiro atoms. The zero-order valence-electron chi connectivity index (χ0n) is 16.1. The van der Waals surface area contributed by atoms with E-state index in [0.717, 1.165) is 33.3 Å². The first-order valence-electron chi connectivity index (χ1n) is 8.88. The Morgan fingerprint density at radius 2 is 1.70 bits per heavy atom. The van der Waals surface area contributed by atoms with E-state index in [2.05, 4.69) is 11.1 Å². The zero-order valence-corrected chi connectivity index (χ0v) is 16.1. The van der Waals surface area contributed by atoms with Crippen molar-refractivity contribution in [3.05, 3.63) is 58.7 Å². The lowest BCUT2D eigenvalue weighted by Gasteiger charge is -2.10. The molecule has 3 rings (SSSR count). The van der Waals surface area contributed by atoms with Crippen LogP contribution in [0.5, 0.6) is 5.88 Å². The minimum absolute atomic E-state index is 0.0956. The molecule has 0 amide bonds. The Balaban J connectivity index is 2.27. The molecule has 3 aromatic rings. The van der Waals surface area contributed by atoms with Gasteiger partial charge >= 0.3 is 0 Å². The average molecular weight is 364 g/mol. The van der Waals surface area contributed by atoms with Crippen molar-refractivity contribution in [1.29, 1.82) is 0 Å². The number of benzene rings is 2. The van der Waals surface area contributed by atoms with E-state index in [0.29, 0.717) is 11.3 Å². The van der Waals surface area contributed by atoms with Gasteiger partial charge in [0.15, 0.2) is 5.78 Å². The van der Waals surface area contributed by atoms with Crippen LogP contribution in [0.4, 0.5) is 0 Å². The standard InChI is InChI=1S/C22H24N2O3/c1-13-5-6-19-20(10-13)24(17-8-14(2)7-15(3)9-17)22(27)21(19)16(4)23-11-18(26)12-25/h5-10,25,27H,11-12H2,1-4H3. The molecule has 0 saturated heterocycles. The van der Waals surface area contributed by atoms with E-state index in [-0.39, 0.29) is 18.2 Å². The van der Waals surface area contributed by atoms with Crippen molar-refractivity contribution in [2.24, 2.45) is 4.99 Å². The molecule has 0 atom stereocenters. The number of aliphatic hydroxyl groups is 1. The Morgan fingerprint density at radius 1 is 1.04 bits per heavy atom. The lowest BCUT2D eigenvalue weighted by atomic mass is 10.1. The molecule has 0 fully saturated rings. The Kier molecular flexibility index (Phi) is 5.15. The molecule has 5 nitrogen and oxygen atoms in total. The van der Waals surface area contributed by atoms with Crippen molar-refractivity contribution in [3.63, 3.8) is 0 Å². The summed E-state index contributed by atoms with van der Waals surface area (Å²) in [7, 11) is 0. The molecule has 0 radical (unpaired) electrons. The molecule has 0 aliphatic rings. The van der Waals surface area contributed by atoms with E-state index >= 15 is 0 Å². The van der Waals surface area contributed by atoms with Crippen LogP contribution < -0.4 is 0 Å². The molecule has 0 saturated carbocycles. The van der Waals surface area contributed by atoms with Gasteiger partial charge in [-0.05, 0) is 62.6 Å². The predicted molar refractivity (Wildman–Crippen MR) is 108 cm³/mol. The van der Waals surface area contributed by atoms with Gasteiger partial charge in [0.2, 0.25) is 5.88 Å². The number of aromatic hydroxyl groups is 1. The van der Waals surface area contributed by atoms with Crippen LogP contribution in [0, 0.1) is 20.8 Å². The molecule has 0 aliphatic carbocycles. The fourth-order valence-electron chi connectivity index (χ4n) is 3.42. The van der Waals surface area contributed by atoms with Gasteiger partial charge in [0.25, 0.3) is 0 Å². The van der Waals surface area contributed by atoms with E-state index in [1.807, 2.05) is 55.7 Å². The smallest absolute Gasteiger partial charge is 0.206 e. The zero-order chi connectivity index (χ0) is 19.7. The molecule has 27 heavy (non-hydrogen) atoms. The van der Waals surface area contributed by atoms with Gasteiger partial charge in [0.05, 0.1) is 11.1 Å². The molecule has 1 aromatic heterocycles. The highest BCUT2D eigenvalue weighted by Crippen LogP contribution is 2.36. The largest absolute Gasteiger partial charge is 0.494 e. The van der Waals surface area contributed by atoms with Crippen LogP contribution in [0.15, 0.2) is 41.4 Å². The Hall–Kier alpha value is -2.92. The van der Waals surface area contributed by atoms with E-state index in [9.17, 15) is 9.90 Å². The summed E-state index contributed by atoms with van der Waals surface area (Å²) in [6.07, 6.45) is 0. The van der Waals surface area contributed by atoms with Gasteiger partial charge in [-0.3, -0.25) is 14.4 Å². The molecule has 1 heterocycles. The van der Waals surface area contributed by atoms with Crippen molar-refractivity contribution < 1.29 is 15.0 Å². The number of rotatable bonds is 5. The Bertz CT molecular complexity index is 1040. The van der Waals surface area contributed by atoms with Gasteiger partial charge < -0.3 is 10.2 Å². The number of fused-ring (bicyclic) bond motifs is 1. The number of Topliss-reactive ketones (excluding diaryl/α,β-unsaturated/α-hetero) is 1. The van der Waals surface area contributed by atoms with Crippen LogP contribution in [-0.4, -0.2) is 39.4 Å². The lowest BCUT2D eigenvalue weighted by molar-refractivity contribution is -0.120. The maximum Gasteiger partial charge on any atom is 0.206 e. The van der Waals surface area contributed by atoms with Crippen molar-refractivity contribution in [2.45, 2.75) is 27.7 Å². The summed E-state index contributed by atoms with van der Waals surface area (Å²) < 4.78 is 1.82. The molecular formula is C22H24N2O3. The van der Waals surface area contributed by atoms with E-state index in [4.69, 9.17) is 5.11 Å². The van der Waals surface area contributed by atoms with Crippen molar-refractivity contribution >= 4 is 22.4 Å². The number of ketones is 1. The fourth-order valence-corrected chi connectivity index (χ4v) is 3.42. The van der Waals surface area contributed by atoms with Crippen LogP contribution in [0.1, 0.15) is 29.2 Å². The highest BCUT2D eigenvalue weighted by Gasteiger charge is 2.20. The van der Waals surface area contributed by atoms with Crippen molar-refractivity contribution in [1.82, 2.24) is 4.57 Å². The topological polar surface area (TPSA) is 74.8 Å². The van der Waals surface area contributed by atoms with Crippen LogP contribution >= 0.6 is 0 Å². The number of aliphatic imine (C=N–C) groups is 1. The summed E-state index contributed by atoms with van der Waals surface area (Å²) in [5.41, 5.74) is 6.24. The number of aromatic nitrogens is 1. The number of carbonyl (C=O) groups is 1. The third-order valence-electron chi connectivity index (χ3n) is 4.59. The molecule has 5 heteroatoms. The van der Waals surface area contributed by atoms with Gasteiger partial charge in [-0.2, -0.15) is 0 Å². The number of hydrogen-bond donors (Lipinski definition) is 2. The van der Waals surface area contributed by atoms with Crippen LogP contribution in [-0.2, 0) is 4.79 Å². The van der Waals surface area contributed by atoms with Gasteiger partial charge in [0, 0.05) is 16.8 Å². The summed E-state index contributed by atoms with van der Waals surface area (Å²) in [6.45, 7) is 7.19. The van der Waals surface area contributed by atoms with Crippen LogP contribution in [0.3, 0.4) is 0 Å². The molecular weight excluding hydrogens is 340 g/mol. The highest BCUT2D eigenvalue weighted by molar-refractivity contribution is 6.13. The number of aliphatic hydroxyl groups excluding tert-OH is 1. The summed E-state index contributed by atoms with van der Waals surface area (Å²) in [5, 5.41) is 20.9. The second-order valence-electron chi connectivity index (χ2n) is 7.00. The monoisotopic (exact) mass is 364 g/mol. The van der Waals surface area contributed by atoms with E-state index in [1.165, 1.54) is 0 Å². The first-order valence-corrected chi connectivity index (χ1v) is 8.88. The van der Waals surface area contributed by atoms with Crippen molar-refractivity contribution in [2.75, 3.05) is 13.2 Å². The van der Waals surface area contributed by atoms with Gasteiger partial charge in [-0.15, -0.1) is 0 Å². The predicted octanol–water partition coefficient (Wildman–Crippen LogP) is 3.63. The fraction of sp³-hybridized carbons (Fsp3) is 0.273. The van der Waals surface area contributed by atoms with Gasteiger partial charge in [-0.1, -0.05) is 18.2 Å². The minimum atomic E-state index is -0.535. The molecule has 0 bridgehead atoms. The lowest BCUT2D eigenvalue weighted by Crippen LogP contribution is -2.09. The van der Waals surface area contributed by atoms with Gasteiger partial charge in [-0.25, -0.2) is 0 Å². The van der Waals surface area contributed by atoms with E-state index in [1.54, 1.807) is 6.92 Å². The molecule has 0 aliphatic heterocycles. The molecule has 0 unspecified atom stereocenters. The molecule has 2 aromatic carbocycles. The van der Waals surface area contributed by atoms with Gasteiger partial charge in [0.1, 0.15) is 13.2 Å². The normalized spacial score (nSPS) is 12.0. The van der Waals surface area contributed by atoms with E-state index < -0.39 is 6.61 Å². The number of hydrogen-bond acceptors (Lipinski definition) is 4. The average Bonchev–Trinajstić information content (AvgIpc) is 2.89. The first-order chi connectivity index (χ1) is 12.8. The second-order valence-corrected chi connectivity index (χ2v) is 7.00. The first kappa shape index (κ1) is 18.9. The third kappa shape index (κ3) is 3.64. The maximum atomic E-state index is 11.4. The highest BCUT2D eigenvalue weighted by atomic mass is 16.3. The molecule has 140 valence electrons. The number of aryl methyl sites for hydroxylation is 3. The third-order valence-corrected chi connectivity index (χ3v) is 4.59. The maximum absolute atomic E-state index is 11.4. The number of nitrogens with zero attached hydrogens (tertiary/aromatic N) is 2. The van der Waals surface area contributed by atoms with Crippen LogP contribution in [0.2, 0.25) is 0 Å².